The van der Waals surface area contributed by atoms with Crippen LogP contribution in [0.15, 0.2) is 0 Å². The summed E-state index contributed by atoms with van der Waals surface area (Å²) in [5, 5.41) is 13.2. The van der Waals surface area contributed by atoms with Gasteiger partial charge < -0.3 is 10.4 Å². The summed E-state index contributed by atoms with van der Waals surface area (Å²) in [5.74, 6) is 2.58. The lowest BCUT2D eigenvalue weighted by atomic mass is 9.92. The van der Waals surface area contributed by atoms with Crippen molar-refractivity contribution in [1.82, 2.24) is 5.32 Å². The van der Waals surface area contributed by atoms with Crippen LogP contribution in [0.4, 0.5) is 0 Å². The molecule has 13 heavy (non-hydrogen) atoms. The third-order valence-corrected chi connectivity index (χ3v) is 4.21. The summed E-state index contributed by atoms with van der Waals surface area (Å²) in [6.45, 7) is 0. The SMILES string of the molecule is O[C@@H]1CCC[C@H](NC2CCSC2)C1. The molecule has 2 nitrogen and oxygen atoms in total. The highest BCUT2D eigenvalue weighted by Gasteiger charge is 2.24. The van der Waals surface area contributed by atoms with Gasteiger partial charge >= 0.3 is 0 Å². The van der Waals surface area contributed by atoms with E-state index in [-0.39, 0.29) is 6.10 Å². The van der Waals surface area contributed by atoms with E-state index in [0.29, 0.717) is 6.04 Å². The number of nitrogens with one attached hydrogen (secondary N) is 1. The highest BCUT2D eigenvalue weighted by atomic mass is 32.2. The van der Waals surface area contributed by atoms with Crippen LogP contribution in [0.2, 0.25) is 0 Å². The molecule has 3 atom stereocenters. The van der Waals surface area contributed by atoms with Crippen molar-refractivity contribution in [2.24, 2.45) is 0 Å². The number of aliphatic hydroxyl groups is 1. The van der Waals surface area contributed by atoms with Crippen LogP contribution in [0.25, 0.3) is 0 Å². The molecule has 1 heterocycles. The Morgan fingerprint density at radius 2 is 2.08 bits per heavy atom. The van der Waals surface area contributed by atoms with Gasteiger partial charge in [0, 0.05) is 17.8 Å². The molecular weight excluding hydrogens is 182 g/mol. The molecule has 0 amide bonds. The maximum Gasteiger partial charge on any atom is 0.0555 e. The first kappa shape index (κ1) is 9.81. The number of thioether (sulfide) groups is 1. The molecule has 0 aromatic heterocycles. The van der Waals surface area contributed by atoms with Gasteiger partial charge in [-0.25, -0.2) is 0 Å². The molecule has 1 aliphatic carbocycles. The molecule has 2 fully saturated rings. The van der Waals surface area contributed by atoms with E-state index in [0.717, 1.165) is 18.9 Å². The lowest BCUT2D eigenvalue weighted by Crippen LogP contribution is -2.42. The molecule has 0 aromatic rings. The van der Waals surface area contributed by atoms with Gasteiger partial charge in [-0.2, -0.15) is 11.8 Å². The van der Waals surface area contributed by atoms with Crippen LogP contribution in [-0.2, 0) is 0 Å². The van der Waals surface area contributed by atoms with Gasteiger partial charge in [-0.15, -0.1) is 0 Å². The highest BCUT2D eigenvalue weighted by molar-refractivity contribution is 7.99. The van der Waals surface area contributed by atoms with Crippen molar-refractivity contribution in [2.75, 3.05) is 11.5 Å². The first-order chi connectivity index (χ1) is 6.34. The lowest BCUT2D eigenvalue weighted by Gasteiger charge is -2.29. The minimum absolute atomic E-state index is 0.0414. The second-order valence-electron chi connectivity index (χ2n) is 4.24. The normalized spacial score (nSPS) is 40.8. The van der Waals surface area contributed by atoms with Crippen LogP contribution in [0, 0.1) is 0 Å². The summed E-state index contributed by atoms with van der Waals surface area (Å²) < 4.78 is 0. The quantitative estimate of drug-likeness (QED) is 0.708. The average Bonchev–Trinajstić information content (AvgIpc) is 2.57. The van der Waals surface area contributed by atoms with E-state index in [2.05, 4.69) is 5.32 Å². The predicted octanol–water partition coefficient (Wildman–Crippen LogP) is 1.39. The second kappa shape index (κ2) is 4.67. The number of hydrogen-bond donors (Lipinski definition) is 2. The molecule has 1 unspecified atom stereocenters. The zero-order chi connectivity index (χ0) is 9.10. The molecule has 1 aliphatic heterocycles. The Kier molecular flexibility index (Phi) is 3.52. The topological polar surface area (TPSA) is 32.3 Å². The minimum Gasteiger partial charge on any atom is -0.393 e. The highest BCUT2D eigenvalue weighted by Crippen LogP contribution is 2.22. The Labute approximate surface area is 84.5 Å². The van der Waals surface area contributed by atoms with Crippen LogP contribution in [0.1, 0.15) is 32.1 Å². The molecule has 0 spiro atoms. The summed E-state index contributed by atoms with van der Waals surface area (Å²) in [6, 6.07) is 1.31. The van der Waals surface area contributed by atoms with E-state index in [1.54, 1.807) is 0 Å². The maximum atomic E-state index is 9.51. The van der Waals surface area contributed by atoms with Gasteiger partial charge in [0.1, 0.15) is 0 Å². The molecule has 1 saturated carbocycles. The summed E-state index contributed by atoms with van der Waals surface area (Å²) in [7, 11) is 0. The predicted molar refractivity (Wildman–Crippen MR) is 57.1 cm³/mol. The molecule has 76 valence electrons. The molecule has 1 saturated heterocycles. The molecule has 2 rings (SSSR count). The zero-order valence-corrected chi connectivity index (χ0v) is 8.85. The van der Waals surface area contributed by atoms with Gasteiger partial charge in [0.15, 0.2) is 0 Å². The summed E-state index contributed by atoms with van der Waals surface area (Å²) in [4.78, 5) is 0. The van der Waals surface area contributed by atoms with Crippen molar-refractivity contribution in [2.45, 2.75) is 50.3 Å². The van der Waals surface area contributed by atoms with Gasteiger partial charge in [-0.3, -0.25) is 0 Å². The Hall–Kier alpha value is 0.270. The largest absolute Gasteiger partial charge is 0.393 e. The maximum absolute atomic E-state index is 9.51. The first-order valence-corrected chi connectivity index (χ1v) is 6.52. The van der Waals surface area contributed by atoms with Crippen molar-refractivity contribution in [3.63, 3.8) is 0 Å². The minimum atomic E-state index is -0.0414. The van der Waals surface area contributed by atoms with Crippen molar-refractivity contribution in [1.29, 1.82) is 0 Å². The van der Waals surface area contributed by atoms with Crippen LogP contribution in [-0.4, -0.2) is 34.8 Å². The molecule has 2 N–H and O–H groups in total. The molecule has 0 bridgehead atoms. The fourth-order valence-electron chi connectivity index (χ4n) is 2.31. The Bertz CT molecular complexity index is 159. The number of rotatable bonds is 2. The zero-order valence-electron chi connectivity index (χ0n) is 8.04. The molecule has 0 aromatic carbocycles. The van der Waals surface area contributed by atoms with Gasteiger partial charge in [0.05, 0.1) is 6.10 Å². The molecule has 2 aliphatic rings. The second-order valence-corrected chi connectivity index (χ2v) is 5.39. The first-order valence-electron chi connectivity index (χ1n) is 5.36. The number of aliphatic hydroxyl groups excluding tert-OH is 1. The summed E-state index contributed by atoms with van der Waals surface area (Å²) in [6.07, 6.45) is 5.72. The monoisotopic (exact) mass is 201 g/mol. The van der Waals surface area contributed by atoms with Gasteiger partial charge in [-0.05, 0) is 37.9 Å². The van der Waals surface area contributed by atoms with E-state index < -0.39 is 0 Å². The van der Waals surface area contributed by atoms with E-state index in [9.17, 15) is 5.11 Å². The van der Waals surface area contributed by atoms with E-state index >= 15 is 0 Å². The average molecular weight is 201 g/mol. The van der Waals surface area contributed by atoms with E-state index in [1.165, 1.54) is 30.8 Å². The summed E-state index contributed by atoms with van der Waals surface area (Å²) in [5.41, 5.74) is 0. The van der Waals surface area contributed by atoms with Crippen molar-refractivity contribution < 1.29 is 5.11 Å². The Morgan fingerprint density at radius 3 is 2.77 bits per heavy atom. The van der Waals surface area contributed by atoms with Gasteiger partial charge in [0.2, 0.25) is 0 Å². The fourth-order valence-corrected chi connectivity index (χ4v) is 3.48. The Balaban J connectivity index is 1.73. The molecule has 3 heteroatoms. The van der Waals surface area contributed by atoms with Gasteiger partial charge in [0.25, 0.3) is 0 Å². The van der Waals surface area contributed by atoms with Crippen LogP contribution in [0.3, 0.4) is 0 Å². The van der Waals surface area contributed by atoms with Crippen molar-refractivity contribution in [3.05, 3.63) is 0 Å². The van der Waals surface area contributed by atoms with Crippen LogP contribution >= 0.6 is 11.8 Å². The van der Waals surface area contributed by atoms with E-state index in [1.807, 2.05) is 11.8 Å². The molecular formula is C10H19NOS. The Morgan fingerprint density at radius 1 is 1.15 bits per heavy atom. The van der Waals surface area contributed by atoms with Gasteiger partial charge in [-0.1, -0.05) is 0 Å². The third-order valence-electron chi connectivity index (χ3n) is 3.05. The standard InChI is InChI=1S/C10H19NOS/c12-10-3-1-2-8(6-10)11-9-4-5-13-7-9/h8-12H,1-7H2/t8-,9?,10+/m0/s1. The van der Waals surface area contributed by atoms with Crippen LogP contribution < -0.4 is 5.32 Å². The number of hydrogen-bond acceptors (Lipinski definition) is 3. The van der Waals surface area contributed by atoms with Crippen molar-refractivity contribution >= 4 is 11.8 Å². The van der Waals surface area contributed by atoms with E-state index in [4.69, 9.17) is 0 Å². The smallest absolute Gasteiger partial charge is 0.0555 e. The summed E-state index contributed by atoms with van der Waals surface area (Å²) >= 11 is 2.05. The van der Waals surface area contributed by atoms with Crippen molar-refractivity contribution in [3.8, 4) is 0 Å². The van der Waals surface area contributed by atoms with Crippen LogP contribution in [0.5, 0.6) is 0 Å². The third kappa shape index (κ3) is 2.86. The molecule has 0 radical (unpaired) electrons. The fraction of sp³-hybridized carbons (Fsp3) is 1.00. The lowest BCUT2D eigenvalue weighted by molar-refractivity contribution is 0.109.